The van der Waals surface area contributed by atoms with E-state index >= 15 is 0 Å². The number of rotatable bonds is 1. The average Bonchev–Trinajstić information content (AvgIpc) is 1.88. The molecule has 2 nitrogen and oxygen atoms in total. The van der Waals surface area contributed by atoms with Crippen molar-refractivity contribution in [2.24, 2.45) is 5.92 Å². The van der Waals surface area contributed by atoms with Crippen LogP contribution in [-0.2, 0) is 0 Å². The largest absolute Gasteiger partial charge is 0.311 e. The van der Waals surface area contributed by atoms with Crippen LogP contribution in [0, 0.1) is 5.92 Å². The normalized spacial score (nSPS) is 29.4. The molecule has 0 aromatic carbocycles. The van der Waals surface area contributed by atoms with Gasteiger partial charge in [0.1, 0.15) is 0 Å². The maximum atomic E-state index is 3.51. The molecule has 1 fully saturated rings. The van der Waals surface area contributed by atoms with Crippen LogP contribution in [0.4, 0.5) is 0 Å². The van der Waals surface area contributed by atoms with E-state index in [-0.39, 0.29) is 0 Å². The molecular formula is C8H18N2. The summed E-state index contributed by atoms with van der Waals surface area (Å²) < 4.78 is 0. The molecule has 2 heteroatoms. The molecule has 1 rings (SSSR count). The molecule has 0 spiro atoms. The van der Waals surface area contributed by atoms with Gasteiger partial charge in [0, 0.05) is 25.7 Å². The van der Waals surface area contributed by atoms with Crippen molar-refractivity contribution < 1.29 is 0 Å². The molecule has 10 heavy (non-hydrogen) atoms. The molecule has 1 heterocycles. The molecule has 1 N–H and O–H groups in total. The fourth-order valence-corrected chi connectivity index (χ4v) is 1.38. The Kier molecular flexibility index (Phi) is 2.69. The van der Waals surface area contributed by atoms with E-state index in [4.69, 9.17) is 0 Å². The van der Waals surface area contributed by atoms with Gasteiger partial charge in [0.15, 0.2) is 0 Å². The number of piperazine rings is 1. The van der Waals surface area contributed by atoms with E-state index in [1.54, 1.807) is 0 Å². The summed E-state index contributed by atoms with van der Waals surface area (Å²) >= 11 is 0. The predicted molar refractivity (Wildman–Crippen MR) is 44.1 cm³/mol. The Morgan fingerprint density at radius 1 is 1.50 bits per heavy atom. The van der Waals surface area contributed by atoms with Gasteiger partial charge in [-0.3, -0.25) is 0 Å². The Bertz CT molecular complexity index is 101. The average molecular weight is 142 g/mol. The maximum absolute atomic E-state index is 3.51. The van der Waals surface area contributed by atoms with Crippen molar-refractivity contribution in [3.8, 4) is 0 Å². The van der Waals surface area contributed by atoms with E-state index in [0.717, 1.165) is 12.5 Å². The molecule has 1 atom stereocenters. The highest BCUT2D eigenvalue weighted by Gasteiger charge is 2.18. The van der Waals surface area contributed by atoms with Crippen LogP contribution in [0.15, 0.2) is 0 Å². The van der Waals surface area contributed by atoms with Crippen molar-refractivity contribution in [3.63, 3.8) is 0 Å². The van der Waals surface area contributed by atoms with Crippen LogP contribution in [0.1, 0.15) is 13.8 Å². The molecule has 1 aliphatic heterocycles. The molecule has 1 saturated heterocycles. The van der Waals surface area contributed by atoms with Gasteiger partial charge in [-0.25, -0.2) is 0 Å². The number of hydrogen-bond acceptors (Lipinski definition) is 2. The molecule has 0 saturated carbocycles. The first kappa shape index (κ1) is 8.02. The third-order valence-corrected chi connectivity index (χ3v) is 2.21. The molecule has 60 valence electrons. The van der Waals surface area contributed by atoms with Gasteiger partial charge < -0.3 is 10.2 Å². The van der Waals surface area contributed by atoms with Crippen molar-refractivity contribution in [3.05, 3.63) is 0 Å². The highest BCUT2D eigenvalue weighted by atomic mass is 15.2. The number of hydrogen-bond donors (Lipinski definition) is 1. The minimum absolute atomic E-state index is 0.707. The van der Waals surface area contributed by atoms with Gasteiger partial charge in [0.05, 0.1) is 0 Å². The second-order valence-electron chi connectivity index (χ2n) is 3.57. The summed E-state index contributed by atoms with van der Waals surface area (Å²) in [6.07, 6.45) is 0. The fraction of sp³-hybridized carbons (Fsp3) is 1.00. The molecule has 0 amide bonds. The SMILES string of the molecule is CC(C)C1CN(C)CCN1. The second-order valence-corrected chi connectivity index (χ2v) is 3.57. The third kappa shape index (κ3) is 1.96. The fourth-order valence-electron chi connectivity index (χ4n) is 1.38. The van der Waals surface area contributed by atoms with Gasteiger partial charge in [0.25, 0.3) is 0 Å². The van der Waals surface area contributed by atoms with Crippen LogP contribution in [0.3, 0.4) is 0 Å². The zero-order valence-corrected chi connectivity index (χ0v) is 7.22. The Labute approximate surface area is 63.6 Å². The summed E-state index contributed by atoms with van der Waals surface area (Å²) in [5, 5.41) is 3.51. The van der Waals surface area contributed by atoms with Gasteiger partial charge in [-0.2, -0.15) is 0 Å². The van der Waals surface area contributed by atoms with Crippen molar-refractivity contribution in [1.82, 2.24) is 10.2 Å². The van der Waals surface area contributed by atoms with E-state index in [9.17, 15) is 0 Å². The Morgan fingerprint density at radius 3 is 2.60 bits per heavy atom. The molecule has 0 bridgehead atoms. The van der Waals surface area contributed by atoms with Crippen LogP contribution in [-0.4, -0.2) is 37.6 Å². The third-order valence-electron chi connectivity index (χ3n) is 2.21. The van der Waals surface area contributed by atoms with Crippen molar-refractivity contribution in [1.29, 1.82) is 0 Å². The van der Waals surface area contributed by atoms with E-state index in [1.165, 1.54) is 13.1 Å². The maximum Gasteiger partial charge on any atom is 0.0218 e. The summed E-state index contributed by atoms with van der Waals surface area (Å²) in [6.45, 7) is 8.11. The second kappa shape index (κ2) is 3.35. The van der Waals surface area contributed by atoms with Crippen LogP contribution in [0.25, 0.3) is 0 Å². The zero-order chi connectivity index (χ0) is 7.56. The summed E-state index contributed by atoms with van der Waals surface area (Å²) in [5.74, 6) is 0.766. The molecule has 0 aromatic heterocycles. The van der Waals surface area contributed by atoms with Crippen LogP contribution < -0.4 is 5.32 Å². The molecule has 1 unspecified atom stereocenters. The molecule has 0 radical (unpaired) electrons. The van der Waals surface area contributed by atoms with Crippen molar-refractivity contribution >= 4 is 0 Å². The zero-order valence-electron chi connectivity index (χ0n) is 7.22. The highest BCUT2D eigenvalue weighted by Crippen LogP contribution is 2.05. The smallest absolute Gasteiger partial charge is 0.0218 e. The number of nitrogens with one attached hydrogen (secondary N) is 1. The predicted octanol–water partition coefficient (Wildman–Crippen LogP) is 0.546. The van der Waals surface area contributed by atoms with Gasteiger partial charge >= 0.3 is 0 Å². The first-order chi connectivity index (χ1) is 4.70. The first-order valence-corrected chi connectivity index (χ1v) is 4.12. The summed E-state index contributed by atoms with van der Waals surface area (Å²) in [6, 6.07) is 0.707. The van der Waals surface area contributed by atoms with Crippen LogP contribution in [0.5, 0.6) is 0 Å². The summed E-state index contributed by atoms with van der Waals surface area (Å²) in [4.78, 5) is 2.39. The molecule has 0 aliphatic carbocycles. The number of likely N-dealkylation sites (N-methyl/N-ethyl adjacent to an activating group) is 1. The van der Waals surface area contributed by atoms with Gasteiger partial charge in [-0.05, 0) is 13.0 Å². The highest BCUT2D eigenvalue weighted by molar-refractivity contribution is 4.78. The molecule has 0 aromatic rings. The Balaban J connectivity index is 2.32. The van der Waals surface area contributed by atoms with E-state index < -0.39 is 0 Å². The Hall–Kier alpha value is -0.0800. The lowest BCUT2D eigenvalue weighted by atomic mass is 10.0. The minimum Gasteiger partial charge on any atom is -0.311 e. The summed E-state index contributed by atoms with van der Waals surface area (Å²) in [5.41, 5.74) is 0. The lowest BCUT2D eigenvalue weighted by molar-refractivity contribution is 0.207. The lowest BCUT2D eigenvalue weighted by Gasteiger charge is -2.33. The van der Waals surface area contributed by atoms with Gasteiger partial charge in [-0.1, -0.05) is 13.8 Å². The summed E-state index contributed by atoms with van der Waals surface area (Å²) in [7, 11) is 2.19. The Morgan fingerprint density at radius 2 is 2.20 bits per heavy atom. The van der Waals surface area contributed by atoms with Crippen LogP contribution in [0.2, 0.25) is 0 Å². The van der Waals surface area contributed by atoms with Gasteiger partial charge in [0.2, 0.25) is 0 Å². The van der Waals surface area contributed by atoms with E-state index in [2.05, 4.69) is 31.1 Å². The molecule has 1 aliphatic rings. The first-order valence-electron chi connectivity index (χ1n) is 4.12. The quantitative estimate of drug-likeness (QED) is 0.575. The van der Waals surface area contributed by atoms with E-state index in [1.807, 2.05) is 0 Å². The van der Waals surface area contributed by atoms with Gasteiger partial charge in [-0.15, -0.1) is 0 Å². The monoisotopic (exact) mass is 142 g/mol. The van der Waals surface area contributed by atoms with E-state index in [0.29, 0.717) is 6.04 Å². The minimum atomic E-state index is 0.707. The standard InChI is InChI=1S/C8H18N2/c1-7(2)8-6-10(3)5-4-9-8/h7-9H,4-6H2,1-3H3. The van der Waals surface area contributed by atoms with Crippen molar-refractivity contribution in [2.45, 2.75) is 19.9 Å². The topological polar surface area (TPSA) is 15.3 Å². The van der Waals surface area contributed by atoms with Crippen LogP contribution >= 0.6 is 0 Å². The van der Waals surface area contributed by atoms with Crippen molar-refractivity contribution in [2.75, 3.05) is 26.7 Å². The molecular weight excluding hydrogens is 124 g/mol. The lowest BCUT2D eigenvalue weighted by Crippen LogP contribution is -2.51. The number of nitrogens with zero attached hydrogens (tertiary/aromatic N) is 1.